The fourth-order valence-electron chi connectivity index (χ4n) is 5.28. The minimum absolute atomic E-state index is 0.00302. The number of nitrogens with zero attached hydrogens (tertiary/aromatic N) is 3. The average molecular weight is 505 g/mol. The molecule has 0 atom stereocenters. The Morgan fingerprint density at radius 1 is 1.08 bits per heavy atom. The molecular formula is C28H36N6O3. The third-order valence-electron chi connectivity index (χ3n) is 7.86. The number of fused-ring (bicyclic) bond motifs is 1. The molecule has 6 rings (SSSR count). The molecular weight excluding hydrogens is 468 g/mol. The SMILES string of the molecule is Cc1cc(-c2cnn3c(NCC4CCOCC4)cc(NC[C@H]4C[C@H](O)C4)nc23)ccc1C(=O)NC1CC1. The number of amides is 1. The van der Waals surface area contributed by atoms with E-state index in [-0.39, 0.29) is 12.0 Å². The lowest BCUT2D eigenvalue weighted by Gasteiger charge is -2.31. The fraction of sp³-hybridized carbons (Fsp3) is 0.536. The number of hydrogen-bond acceptors (Lipinski definition) is 7. The lowest BCUT2D eigenvalue weighted by atomic mass is 9.82. The van der Waals surface area contributed by atoms with Crippen LogP contribution < -0.4 is 16.0 Å². The van der Waals surface area contributed by atoms with Crippen molar-refractivity contribution in [2.24, 2.45) is 11.8 Å². The number of aromatic nitrogens is 3. The van der Waals surface area contributed by atoms with Crippen molar-refractivity contribution in [1.29, 1.82) is 0 Å². The van der Waals surface area contributed by atoms with Gasteiger partial charge in [0.1, 0.15) is 11.6 Å². The first-order chi connectivity index (χ1) is 18.0. The van der Waals surface area contributed by atoms with Crippen LogP contribution in [0.2, 0.25) is 0 Å². The predicted octanol–water partition coefficient (Wildman–Crippen LogP) is 3.62. The molecule has 1 saturated heterocycles. The Labute approximate surface area is 217 Å². The highest BCUT2D eigenvalue weighted by atomic mass is 16.5. The van der Waals surface area contributed by atoms with Gasteiger partial charge in [-0.3, -0.25) is 4.79 Å². The molecule has 3 aromatic rings. The van der Waals surface area contributed by atoms with E-state index in [1.807, 2.05) is 41.9 Å². The number of carbonyl (C=O) groups is 1. The van der Waals surface area contributed by atoms with Crippen molar-refractivity contribution in [3.63, 3.8) is 0 Å². The molecule has 2 aromatic heterocycles. The number of aliphatic hydroxyl groups excluding tert-OH is 1. The summed E-state index contributed by atoms with van der Waals surface area (Å²) in [6.07, 6.45) is 7.61. The zero-order valence-corrected chi connectivity index (χ0v) is 21.4. The summed E-state index contributed by atoms with van der Waals surface area (Å²) < 4.78 is 7.39. The number of aliphatic hydroxyl groups is 1. The van der Waals surface area contributed by atoms with Crippen LogP contribution in [0.15, 0.2) is 30.5 Å². The maximum atomic E-state index is 12.6. The second kappa shape index (κ2) is 10.3. The van der Waals surface area contributed by atoms with Gasteiger partial charge in [0.05, 0.1) is 12.3 Å². The van der Waals surface area contributed by atoms with Gasteiger partial charge in [0.2, 0.25) is 0 Å². The Morgan fingerprint density at radius 3 is 2.59 bits per heavy atom. The molecule has 9 heteroatoms. The van der Waals surface area contributed by atoms with Gasteiger partial charge in [0, 0.05) is 49.5 Å². The molecule has 3 heterocycles. The second-order valence-electron chi connectivity index (χ2n) is 10.9. The van der Waals surface area contributed by atoms with Crippen molar-refractivity contribution in [3.05, 3.63) is 41.6 Å². The molecule has 0 spiro atoms. The van der Waals surface area contributed by atoms with Crippen LogP contribution in [0.3, 0.4) is 0 Å². The van der Waals surface area contributed by atoms with E-state index in [0.29, 0.717) is 23.4 Å². The summed E-state index contributed by atoms with van der Waals surface area (Å²) in [7, 11) is 0. The Bertz CT molecular complexity index is 1270. The van der Waals surface area contributed by atoms with Crippen LogP contribution in [0.4, 0.5) is 11.6 Å². The molecule has 0 unspecified atom stereocenters. The minimum atomic E-state index is -0.169. The van der Waals surface area contributed by atoms with Crippen LogP contribution in [0.1, 0.15) is 54.4 Å². The largest absolute Gasteiger partial charge is 0.393 e. The summed E-state index contributed by atoms with van der Waals surface area (Å²) >= 11 is 0. The van der Waals surface area contributed by atoms with E-state index in [9.17, 15) is 9.90 Å². The van der Waals surface area contributed by atoms with Crippen molar-refractivity contribution < 1.29 is 14.6 Å². The molecule has 1 amide bonds. The number of hydrogen-bond donors (Lipinski definition) is 4. The van der Waals surface area contributed by atoms with Crippen LogP contribution in [-0.2, 0) is 4.74 Å². The summed E-state index contributed by atoms with van der Waals surface area (Å²) in [4.78, 5) is 17.6. The van der Waals surface area contributed by atoms with Gasteiger partial charge in [-0.1, -0.05) is 12.1 Å². The highest BCUT2D eigenvalue weighted by Gasteiger charge is 2.27. The third-order valence-corrected chi connectivity index (χ3v) is 7.86. The molecule has 196 valence electrons. The molecule has 4 N–H and O–H groups in total. The quantitative estimate of drug-likeness (QED) is 0.352. The summed E-state index contributed by atoms with van der Waals surface area (Å²) in [5.74, 6) is 2.72. The number of rotatable bonds is 9. The maximum Gasteiger partial charge on any atom is 0.251 e. The Kier molecular flexibility index (Phi) is 6.73. The Morgan fingerprint density at radius 2 is 1.86 bits per heavy atom. The van der Waals surface area contributed by atoms with E-state index in [4.69, 9.17) is 14.8 Å². The van der Waals surface area contributed by atoms with E-state index in [1.165, 1.54) is 0 Å². The molecule has 3 aliphatic rings. The average Bonchev–Trinajstić information content (AvgIpc) is 3.59. The van der Waals surface area contributed by atoms with E-state index in [2.05, 4.69) is 16.0 Å². The Balaban J connectivity index is 1.28. The molecule has 9 nitrogen and oxygen atoms in total. The van der Waals surface area contributed by atoms with E-state index in [1.54, 1.807) is 0 Å². The van der Waals surface area contributed by atoms with Crippen molar-refractivity contribution in [2.45, 2.75) is 57.6 Å². The first kappa shape index (κ1) is 24.2. The maximum absolute atomic E-state index is 12.6. The summed E-state index contributed by atoms with van der Waals surface area (Å²) in [5.41, 5.74) is 4.32. The van der Waals surface area contributed by atoms with Crippen molar-refractivity contribution in [2.75, 3.05) is 36.9 Å². The van der Waals surface area contributed by atoms with Crippen molar-refractivity contribution >= 4 is 23.2 Å². The first-order valence-corrected chi connectivity index (χ1v) is 13.6. The van der Waals surface area contributed by atoms with Gasteiger partial charge in [-0.25, -0.2) is 4.98 Å². The number of anilines is 2. The molecule has 1 aliphatic heterocycles. The normalized spacial score (nSPS) is 22.0. The van der Waals surface area contributed by atoms with Gasteiger partial charge >= 0.3 is 0 Å². The summed E-state index contributed by atoms with van der Waals surface area (Å²) in [6.45, 7) is 5.25. The van der Waals surface area contributed by atoms with Gasteiger partial charge in [-0.15, -0.1) is 0 Å². The minimum Gasteiger partial charge on any atom is -0.393 e. The molecule has 3 fully saturated rings. The van der Waals surface area contributed by atoms with Crippen LogP contribution in [-0.4, -0.2) is 64.1 Å². The number of ether oxygens (including phenoxy) is 1. The van der Waals surface area contributed by atoms with Crippen molar-refractivity contribution in [3.8, 4) is 11.1 Å². The molecule has 0 radical (unpaired) electrons. The van der Waals surface area contributed by atoms with Gasteiger partial charge in [-0.05, 0) is 74.5 Å². The van der Waals surface area contributed by atoms with Crippen molar-refractivity contribution in [1.82, 2.24) is 19.9 Å². The summed E-state index contributed by atoms with van der Waals surface area (Å²) in [6, 6.07) is 8.29. The third kappa shape index (κ3) is 5.43. The van der Waals surface area contributed by atoms with Gasteiger partial charge in [0.15, 0.2) is 5.65 Å². The molecule has 37 heavy (non-hydrogen) atoms. The fourth-order valence-corrected chi connectivity index (χ4v) is 5.28. The number of nitrogens with one attached hydrogen (secondary N) is 3. The van der Waals surface area contributed by atoms with Crippen LogP contribution in [0.25, 0.3) is 16.8 Å². The lowest BCUT2D eigenvalue weighted by Crippen LogP contribution is -2.33. The van der Waals surface area contributed by atoms with E-state index >= 15 is 0 Å². The topological polar surface area (TPSA) is 113 Å². The monoisotopic (exact) mass is 504 g/mol. The zero-order chi connectivity index (χ0) is 25.4. The van der Waals surface area contributed by atoms with Gasteiger partial charge < -0.3 is 25.8 Å². The molecule has 1 aromatic carbocycles. The highest BCUT2D eigenvalue weighted by molar-refractivity contribution is 5.97. The van der Waals surface area contributed by atoms with E-state index < -0.39 is 0 Å². The Hall–Kier alpha value is -3.17. The second-order valence-corrected chi connectivity index (χ2v) is 10.9. The highest BCUT2D eigenvalue weighted by Crippen LogP contribution is 2.31. The number of benzene rings is 1. The van der Waals surface area contributed by atoms with E-state index in [0.717, 1.165) is 98.8 Å². The molecule has 0 bridgehead atoms. The van der Waals surface area contributed by atoms with Gasteiger partial charge in [0.25, 0.3) is 5.91 Å². The van der Waals surface area contributed by atoms with Crippen LogP contribution in [0.5, 0.6) is 0 Å². The lowest BCUT2D eigenvalue weighted by molar-refractivity contribution is 0.0486. The molecule has 2 aliphatic carbocycles. The van der Waals surface area contributed by atoms with Crippen LogP contribution >= 0.6 is 0 Å². The zero-order valence-electron chi connectivity index (χ0n) is 21.4. The number of aryl methyl sites for hydroxylation is 1. The van der Waals surface area contributed by atoms with Gasteiger partial charge in [-0.2, -0.15) is 9.61 Å². The van der Waals surface area contributed by atoms with Crippen LogP contribution in [0, 0.1) is 18.8 Å². The summed E-state index contributed by atoms with van der Waals surface area (Å²) in [5, 5.41) is 24.5. The smallest absolute Gasteiger partial charge is 0.251 e. The standard InChI is InChI=1S/C28H36N6O3/c1-17-10-20(2-5-23(17)28(36)32-21-3-4-21)24-16-31-34-26(30-14-18-6-8-37-9-7-18)13-25(33-27(24)34)29-15-19-11-22(35)12-19/h2,5,10,13,16,18-19,21-22,30,35H,3-4,6-9,11-12,14-15H2,1H3,(H,29,33)(H,32,36)/t19-,22-. The number of carbonyl (C=O) groups excluding carboxylic acids is 1. The first-order valence-electron chi connectivity index (χ1n) is 13.6. The molecule has 2 saturated carbocycles. The predicted molar refractivity (Wildman–Crippen MR) is 143 cm³/mol.